The van der Waals surface area contributed by atoms with Crippen molar-refractivity contribution in [1.82, 2.24) is 10.6 Å². The molecule has 0 aliphatic rings. The van der Waals surface area contributed by atoms with Gasteiger partial charge in [0.2, 0.25) is 11.8 Å². The maximum atomic E-state index is 12.3. The van der Waals surface area contributed by atoms with Crippen molar-refractivity contribution in [2.45, 2.75) is 25.4 Å². The molecular weight excluding hydrogens is 340 g/mol. The fourth-order valence-corrected chi connectivity index (χ4v) is 2.42. The lowest BCUT2D eigenvalue weighted by Gasteiger charge is -2.19. The molecule has 2 amide bonds. The monoisotopic (exact) mass is 360 g/mol. The highest BCUT2D eigenvalue weighted by atomic mass is 35.5. The molecule has 0 saturated heterocycles. The molecule has 0 aliphatic heterocycles. The number of carbonyl (C=O) groups is 2. The fourth-order valence-electron chi connectivity index (χ4n) is 2.30. The number of halogens is 1. The number of aliphatic hydroxyl groups is 1. The zero-order chi connectivity index (χ0) is 18.2. The third-order valence-electron chi connectivity index (χ3n) is 3.89. The molecule has 0 saturated carbocycles. The van der Waals surface area contributed by atoms with Crippen molar-refractivity contribution in [3.05, 3.63) is 70.7 Å². The molecule has 25 heavy (non-hydrogen) atoms. The van der Waals surface area contributed by atoms with Gasteiger partial charge < -0.3 is 15.7 Å². The Morgan fingerprint density at radius 2 is 1.68 bits per heavy atom. The number of rotatable bonds is 7. The topological polar surface area (TPSA) is 78.4 Å². The maximum Gasteiger partial charge on any atom is 0.245 e. The normalized spacial score (nSPS) is 12.9. The van der Waals surface area contributed by atoms with Crippen LogP contribution in [0, 0.1) is 0 Å². The van der Waals surface area contributed by atoms with E-state index in [1.165, 1.54) is 0 Å². The van der Waals surface area contributed by atoms with E-state index in [9.17, 15) is 14.7 Å². The van der Waals surface area contributed by atoms with E-state index in [0.717, 1.165) is 11.1 Å². The molecule has 0 heterocycles. The lowest BCUT2D eigenvalue weighted by atomic mass is 10.00. The summed E-state index contributed by atoms with van der Waals surface area (Å²) in [5, 5.41) is 15.3. The van der Waals surface area contributed by atoms with Gasteiger partial charge in [-0.15, -0.1) is 0 Å². The molecule has 0 aromatic heterocycles. The van der Waals surface area contributed by atoms with Gasteiger partial charge in [-0.05, 0) is 30.2 Å². The first-order valence-corrected chi connectivity index (χ1v) is 8.37. The summed E-state index contributed by atoms with van der Waals surface area (Å²) in [6.07, 6.45) is 0. The SMILES string of the molecule is CC(C(=O)N[C@@H](CO)C(=O)NCc1ccc(Cl)cc1)c1ccccc1. The average Bonchev–Trinajstić information content (AvgIpc) is 2.65. The highest BCUT2D eigenvalue weighted by molar-refractivity contribution is 6.30. The second-order valence-corrected chi connectivity index (χ2v) is 6.16. The van der Waals surface area contributed by atoms with Crippen LogP contribution in [0.3, 0.4) is 0 Å². The fraction of sp³-hybridized carbons (Fsp3) is 0.263. The third kappa shape index (κ3) is 5.59. The number of hydrogen-bond donors (Lipinski definition) is 3. The number of hydrogen-bond acceptors (Lipinski definition) is 3. The van der Waals surface area contributed by atoms with Gasteiger partial charge in [0, 0.05) is 11.6 Å². The van der Waals surface area contributed by atoms with Gasteiger partial charge in [0.25, 0.3) is 0 Å². The molecule has 2 aromatic carbocycles. The van der Waals surface area contributed by atoms with Crippen LogP contribution in [-0.4, -0.2) is 29.6 Å². The third-order valence-corrected chi connectivity index (χ3v) is 4.14. The van der Waals surface area contributed by atoms with Crippen molar-refractivity contribution in [2.75, 3.05) is 6.61 Å². The van der Waals surface area contributed by atoms with Crippen LogP contribution >= 0.6 is 11.6 Å². The first kappa shape index (κ1) is 19.0. The Labute approximate surface area is 152 Å². The summed E-state index contributed by atoms with van der Waals surface area (Å²) < 4.78 is 0. The summed E-state index contributed by atoms with van der Waals surface area (Å²) >= 11 is 5.82. The van der Waals surface area contributed by atoms with Crippen LogP contribution in [0.5, 0.6) is 0 Å². The molecule has 0 spiro atoms. The van der Waals surface area contributed by atoms with E-state index in [-0.39, 0.29) is 12.5 Å². The number of benzene rings is 2. The van der Waals surface area contributed by atoms with Crippen LogP contribution in [0.25, 0.3) is 0 Å². The van der Waals surface area contributed by atoms with Crippen molar-refractivity contribution in [3.63, 3.8) is 0 Å². The molecule has 2 aromatic rings. The van der Waals surface area contributed by atoms with Gasteiger partial charge in [-0.3, -0.25) is 9.59 Å². The van der Waals surface area contributed by atoms with Gasteiger partial charge in [-0.25, -0.2) is 0 Å². The minimum atomic E-state index is -0.994. The highest BCUT2D eigenvalue weighted by Crippen LogP contribution is 2.14. The minimum Gasteiger partial charge on any atom is -0.394 e. The lowest BCUT2D eigenvalue weighted by molar-refractivity contribution is -0.130. The Morgan fingerprint density at radius 3 is 2.28 bits per heavy atom. The van der Waals surface area contributed by atoms with E-state index in [2.05, 4.69) is 10.6 Å². The van der Waals surface area contributed by atoms with Crippen LogP contribution in [0.15, 0.2) is 54.6 Å². The molecule has 6 heteroatoms. The summed E-state index contributed by atoms with van der Waals surface area (Å²) in [7, 11) is 0. The molecule has 0 fully saturated rings. The first-order chi connectivity index (χ1) is 12.0. The molecule has 0 bridgehead atoms. The Hall–Kier alpha value is -2.37. The molecule has 2 rings (SSSR count). The number of aliphatic hydroxyl groups excluding tert-OH is 1. The van der Waals surface area contributed by atoms with Gasteiger partial charge in [-0.2, -0.15) is 0 Å². The predicted molar refractivity (Wildman–Crippen MR) is 97.2 cm³/mol. The summed E-state index contributed by atoms with van der Waals surface area (Å²) in [6, 6.07) is 15.3. The number of carbonyl (C=O) groups excluding carboxylic acids is 2. The second kappa shape index (κ2) is 9.20. The molecule has 5 nitrogen and oxygen atoms in total. The van der Waals surface area contributed by atoms with E-state index >= 15 is 0 Å². The molecule has 3 N–H and O–H groups in total. The van der Waals surface area contributed by atoms with Crippen molar-refractivity contribution >= 4 is 23.4 Å². The highest BCUT2D eigenvalue weighted by Gasteiger charge is 2.23. The molecule has 1 unspecified atom stereocenters. The second-order valence-electron chi connectivity index (χ2n) is 5.72. The van der Waals surface area contributed by atoms with E-state index in [4.69, 9.17) is 11.6 Å². The number of nitrogens with one attached hydrogen (secondary N) is 2. The van der Waals surface area contributed by atoms with Gasteiger partial charge in [0.1, 0.15) is 6.04 Å². The van der Waals surface area contributed by atoms with Crippen LogP contribution in [0.4, 0.5) is 0 Å². The summed E-state index contributed by atoms with van der Waals surface area (Å²) in [4.78, 5) is 24.5. The van der Waals surface area contributed by atoms with Crippen LogP contribution in [0.1, 0.15) is 24.0 Å². The van der Waals surface area contributed by atoms with E-state index in [1.807, 2.05) is 30.3 Å². The van der Waals surface area contributed by atoms with Crippen LogP contribution < -0.4 is 10.6 Å². The molecular formula is C19H21ClN2O3. The number of amides is 2. The quantitative estimate of drug-likeness (QED) is 0.708. The van der Waals surface area contributed by atoms with E-state index < -0.39 is 24.5 Å². The van der Waals surface area contributed by atoms with E-state index in [0.29, 0.717) is 5.02 Å². The van der Waals surface area contributed by atoms with Gasteiger partial charge in [0.05, 0.1) is 12.5 Å². The van der Waals surface area contributed by atoms with Crippen molar-refractivity contribution in [2.24, 2.45) is 0 Å². The van der Waals surface area contributed by atoms with Crippen LogP contribution in [-0.2, 0) is 16.1 Å². The maximum absolute atomic E-state index is 12.3. The summed E-state index contributed by atoms with van der Waals surface area (Å²) in [6.45, 7) is 1.57. The lowest BCUT2D eigenvalue weighted by Crippen LogP contribution is -2.49. The van der Waals surface area contributed by atoms with Gasteiger partial charge in [0.15, 0.2) is 0 Å². The molecule has 2 atom stereocenters. The van der Waals surface area contributed by atoms with Crippen molar-refractivity contribution in [3.8, 4) is 0 Å². The standard InChI is InChI=1S/C19H21ClN2O3/c1-13(15-5-3-2-4-6-15)18(24)22-17(12-23)19(25)21-11-14-7-9-16(20)10-8-14/h2-10,13,17,23H,11-12H2,1H3,(H,21,25)(H,22,24)/t13?,17-/m0/s1. The molecule has 0 radical (unpaired) electrons. The minimum absolute atomic E-state index is 0.288. The summed E-state index contributed by atoms with van der Waals surface area (Å²) in [5.41, 5.74) is 1.72. The Morgan fingerprint density at radius 1 is 1.04 bits per heavy atom. The van der Waals surface area contributed by atoms with E-state index in [1.54, 1.807) is 31.2 Å². The smallest absolute Gasteiger partial charge is 0.245 e. The van der Waals surface area contributed by atoms with Crippen molar-refractivity contribution < 1.29 is 14.7 Å². The Balaban J connectivity index is 1.90. The Kier molecular flexibility index (Phi) is 6.98. The van der Waals surface area contributed by atoms with Crippen molar-refractivity contribution in [1.29, 1.82) is 0 Å². The average molecular weight is 361 g/mol. The van der Waals surface area contributed by atoms with Crippen LogP contribution in [0.2, 0.25) is 5.02 Å². The Bertz CT molecular complexity index is 704. The first-order valence-electron chi connectivity index (χ1n) is 7.99. The van der Waals surface area contributed by atoms with Gasteiger partial charge in [-0.1, -0.05) is 54.1 Å². The predicted octanol–water partition coefficient (Wildman–Crippen LogP) is 2.24. The summed E-state index contributed by atoms with van der Waals surface area (Å²) in [5.74, 6) is -1.17. The molecule has 0 aliphatic carbocycles. The van der Waals surface area contributed by atoms with Gasteiger partial charge >= 0.3 is 0 Å². The zero-order valence-corrected chi connectivity index (χ0v) is 14.7. The molecule has 132 valence electrons. The zero-order valence-electron chi connectivity index (χ0n) is 13.9. The largest absolute Gasteiger partial charge is 0.394 e.